The fourth-order valence-electron chi connectivity index (χ4n) is 2.24. The highest BCUT2D eigenvalue weighted by Gasteiger charge is 2.51. The zero-order valence-electron chi connectivity index (χ0n) is 9.87. The van der Waals surface area contributed by atoms with Crippen LogP contribution >= 0.6 is 0 Å². The molecule has 0 bridgehead atoms. The van der Waals surface area contributed by atoms with Gasteiger partial charge in [0.15, 0.2) is 0 Å². The van der Waals surface area contributed by atoms with Gasteiger partial charge in [0.05, 0.1) is 11.6 Å². The van der Waals surface area contributed by atoms with Gasteiger partial charge in [0.2, 0.25) is 5.91 Å². The lowest BCUT2D eigenvalue weighted by molar-refractivity contribution is -0.151. The number of rotatable bonds is 2. The van der Waals surface area contributed by atoms with E-state index in [2.05, 4.69) is 40.4 Å². The summed E-state index contributed by atoms with van der Waals surface area (Å²) in [6.45, 7) is 14.6. The highest BCUT2D eigenvalue weighted by Crippen LogP contribution is 2.40. The topological polar surface area (TPSA) is 20.3 Å². The Morgan fingerprint density at radius 3 is 2.21 bits per heavy atom. The molecule has 0 saturated carbocycles. The zero-order valence-corrected chi connectivity index (χ0v) is 11.0. The normalized spacial score (nSPS) is 27.9. The Balaban J connectivity index is 2.85. The maximum Gasteiger partial charge on any atom is 0.225 e. The average Bonchev–Trinajstić information content (AvgIpc) is 1.95. The molecule has 0 spiro atoms. The van der Waals surface area contributed by atoms with Crippen LogP contribution in [0.5, 0.6) is 0 Å². The Morgan fingerprint density at radius 2 is 1.93 bits per heavy atom. The fraction of sp³-hybridized carbons (Fsp3) is 0.727. The van der Waals surface area contributed by atoms with Crippen LogP contribution in [-0.2, 0) is 4.79 Å². The predicted molar refractivity (Wildman–Crippen MR) is 63.2 cm³/mol. The standard InChI is InChI=1S/C11H21NOSi/c1-7-8-9(14(5)6)10(13)12(8)11(2,3)4/h7-9,14H,1H2,2-6H3. The average molecular weight is 211 g/mol. The summed E-state index contributed by atoms with van der Waals surface area (Å²) >= 11 is 0. The van der Waals surface area contributed by atoms with Crippen LogP contribution in [0, 0.1) is 0 Å². The molecule has 1 rings (SSSR count). The Morgan fingerprint density at radius 1 is 1.43 bits per heavy atom. The third-order valence-corrected chi connectivity index (χ3v) is 4.99. The summed E-state index contributed by atoms with van der Waals surface area (Å²) in [6, 6.07) is 0.286. The number of carbonyl (C=O) groups is 1. The Bertz CT molecular complexity index is 255. The second-order valence-electron chi connectivity index (χ2n) is 5.38. The summed E-state index contributed by atoms with van der Waals surface area (Å²) in [5.41, 5.74) is 0.224. The van der Waals surface area contributed by atoms with Crippen molar-refractivity contribution in [3.63, 3.8) is 0 Å². The number of hydrogen-bond donors (Lipinski definition) is 0. The molecule has 2 unspecified atom stereocenters. The van der Waals surface area contributed by atoms with E-state index in [4.69, 9.17) is 0 Å². The van der Waals surface area contributed by atoms with Crippen LogP contribution in [0.15, 0.2) is 12.7 Å². The van der Waals surface area contributed by atoms with E-state index in [1.165, 1.54) is 0 Å². The van der Waals surface area contributed by atoms with E-state index in [1.807, 2.05) is 11.0 Å². The molecule has 1 aliphatic heterocycles. The molecule has 0 N–H and O–H groups in total. The van der Waals surface area contributed by atoms with Gasteiger partial charge in [0.1, 0.15) is 0 Å². The van der Waals surface area contributed by atoms with Crippen LogP contribution < -0.4 is 0 Å². The van der Waals surface area contributed by atoms with Crippen molar-refractivity contribution in [1.29, 1.82) is 0 Å². The number of hydrogen-bond acceptors (Lipinski definition) is 1. The van der Waals surface area contributed by atoms with Crippen molar-refractivity contribution in [2.24, 2.45) is 0 Å². The van der Waals surface area contributed by atoms with Gasteiger partial charge in [-0.15, -0.1) is 6.58 Å². The van der Waals surface area contributed by atoms with Crippen LogP contribution in [0.2, 0.25) is 18.6 Å². The summed E-state index contributed by atoms with van der Waals surface area (Å²) in [5.74, 6) is 0.337. The Hall–Kier alpha value is -0.573. The first kappa shape index (κ1) is 11.5. The maximum absolute atomic E-state index is 11.9. The van der Waals surface area contributed by atoms with Gasteiger partial charge >= 0.3 is 0 Å². The molecule has 1 saturated heterocycles. The lowest BCUT2D eigenvalue weighted by Gasteiger charge is -2.54. The van der Waals surface area contributed by atoms with Crippen LogP contribution in [0.4, 0.5) is 0 Å². The number of amides is 1. The third kappa shape index (κ3) is 1.65. The molecule has 1 aliphatic rings. The van der Waals surface area contributed by atoms with Crippen molar-refractivity contribution < 1.29 is 4.79 Å². The van der Waals surface area contributed by atoms with Gasteiger partial charge in [0, 0.05) is 14.3 Å². The van der Waals surface area contributed by atoms with E-state index in [0.29, 0.717) is 5.91 Å². The van der Waals surface area contributed by atoms with Gasteiger partial charge in [-0.1, -0.05) is 19.2 Å². The highest BCUT2D eigenvalue weighted by molar-refractivity contribution is 6.63. The van der Waals surface area contributed by atoms with Crippen LogP contribution in [0.3, 0.4) is 0 Å². The molecule has 0 aromatic heterocycles. The quantitative estimate of drug-likeness (QED) is 0.389. The lowest BCUT2D eigenvalue weighted by atomic mass is 9.92. The second kappa shape index (κ2) is 3.53. The second-order valence-corrected chi connectivity index (χ2v) is 8.58. The van der Waals surface area contributed by atoms with E-state index in [0.717, 1.165) is 0 Å². The van der Waals surface area contributed by atoms with Gasteiger partial charge in [-0.3, -0.25) is 4.79 Å². The van der Waals surface area contributed by atoms with Gasteiger partial charge in [-0.25, -0.2) is 0 Å². The molecule has 2 nitrogen and oxygen atoms in total. The molecule has 1 fully saturated rings. The summed E-state index contributed by atoms with van der Waals surface area (Å²) in [7, 11) is -0.884. The summed E-state index contributed by atoms with van der Waals surface area (Å²) in [6.07, 6.45) is 1.93. The van der Waals surface area contributed by atoms with Crippen LogP contribution in [0.1, 0.15) is 20.8 Å². The monoisotopic (exact) mass is 211 g/mol. The molecule has 0 aliphatic carbocycles. The molecule has 0 aromatic carbocycles. The first-order valence-corrected chi connectivity index (χ1v) is 8.24. The summed E-state index contributed by atoms with van der Waals surface area (Å²) in [4.78, 5) is 13.9. The molecule has 2 atom stereocenters. The molecule has 1 amide bonds. The zero-order chi connectivity index (χ0) is 11.1. The molecule has 80 valence electrons. The van der Waals surface area contributed by atoms with Gasteiger partial charge in [0.25, 0.3) is 0 Å². The molecule has 0 aromatic rings. The van der Waals surface area contributed by atoms with Crippen molar-refractivity contribution >= 4 is 14.7 Å². The molecule has 3 heteroatoms. The maximum atomic E-state index is 11.9. The van der Waals surface area contributed by atoms with Crippen molar-refractivity contribution in [2.45, 2.75) is 51.0 Å². The summed E-state index contributed by atoms with van der Waals surface area (Å²) < 4.78 is 0. The molecular formula is C11H21NOSi. The van der Waals surface area contributed by atoms with Crippen molar-refractivity contribution in [1.82, 2.24) is 4.90 Å². The number of nitrogens with zero attached hydrogens (tertiary/aromatic N) is 1. The van der Waals surface area contributed by atoms with E-state index in [-0.39, 0.29) is 17.1 Å². The fourth-order valence-corrected chi connectivity index (χ4v) is 4.09. The summed E-state index contributed by atoms with van der Waals surface area (Å²) in [5, 5.41) is 0. The molecule has 0 radical (unpaired) electrons. The van der Waals surface area contributed by atoms with Crippen LogP contribution in [-0.4, -0.2) is 31.2 Å². The third-order valence-electron chi connectivity index (χ3n) is 2.87. The molecule has 14 heavy (non-hydrogen) atoms. The van der Waals surface area contributed by atoms with E-state index >= 15 is 0 Å². The van der Waals surface area contributed by atoms with E-state index < -0.39 is 8.80 Å². The number of carbonyl (C=O) groups excluding carboxylic acids is 1. The molecule has 1 heterocycles. The van der Waals surface area contributed by atoms with Crippen LogP contribution in [0.25, 0.3) is 0 Å². The first-order chi connectivity index (χ1) is 6.30. The largest absolute Gasteiger partial charge is 0.331 e. The van der Waals surface area contributed by atoms with Gasteiger partial charge in [-0.05, 0) is 20.8 Å². The van der Waals surface area contributed by atoms with Crippen molar-refractivity contribution in [2.75, 3.05) is 0 Å². The predicted octanol–water partition coefficient (Wildman–Crippen LogP) is 2.04. The number of β-lactam (4-membered cyclic amide) rings is 1. The van der Waals surface area contributed by atoms with Crippen molar-refractivity contribution in [3.8, 4) is 0 Å². The minimum atomic E-state index is -0.884. The highest BCUT2D eigenvalue weighted by atomic mass is 28.3. The van der Waals surface area contributed by atoms with E-state index in [1.54, 1.807) is 0 Å². The Kier molecular flexibility index (Phi) is 2.90. The van der Waals surface area contributed by atoms with Gasteiger partial charge in [-0.2, -0.15) is 0 Å². The minimum absolute atomic E-state index is 0.0598. The SMILES string of the molecule is C=CC1C([SiH](C)C)C(=O)N1C(C)(C)C. The molecular weight excluding hydrogens is 190 g/mol. The Labute approximate surface area is 88.6 Å². The minimum Gasteiger partial charge on any atom is -0.331 e. The number of likely N-dealkylation sites (tertiary alicyclic amines) is 1. The lowest BCUT2D eigenvalue weighted by Crippen LogP contribution is -2.66. The van der Waals surface area contributed by atoms with E-state index in [9.17, 15) is 4.79 Å². The smallest absolute Gasteiger partial charge is 0.225 e. The van der Waals surface area contributed by atoms with Crippen molar-refractivity contribution in [3.05, 3.63) is 12.7 Å². The first-order valence-electron chi connectivity index (χ1n) is 5.26. The van der Waals surface area contributed by atoms with Gasteiger partial charge < -0.3 is 4.90 Å².